The maximum atomic E-state index is 12.1. The Kier molecular flexibility index (Phi) is 6.27. The van der Waals surface area contributed by atoms with Crippen LogP contribution < -0.4 is 10.6 Å². The molecule has 1 aromatic carbocycles. The molecule has 122 valence electrons. The largest absolute Gasteiger partial charge is 0.358 e. The van der Waals surface area contributed by atoms with Crippen molar-refractivity contribution in [1.29, 1.82) is 0 Å². The lowest BCUT2D eigenvalue weighted by molar-refractivity contribution is -0.120. The van der Waals surface area contributed by atoms with Crippen LogP contribution in [0.4, 0.5) is 5.69 Å². The van der Waals surface area contributed by atoms with Gasteiger partial charge in [-0.1, -0.05) is 6.07 Å². The monoisotopic (exact) mass is 344 g/mol. The highest BCUT2D eigenvalue weighted by atomic mass is 32.2. The molecule has 0 heterocycles. The van der Waals surface area contributed by atoms with Crippen LogP contribution in [-0.4, -0.2) is 63.4 Å². The molecule has 7 nitrogen and oxygen atoms in total. The number of anilines is 1. The lowest BCUT2D eigenvalue weighted by Gasteiger charge is -2.20. The Balaban J connectivity index is 2.88. The summed E-state index contributed by atoms with van der Waals surface area (Å²) < 4.78 is 25.3. The Morgan fingerprint density at radius 3 is 2.45 bits per heavy atom. The van der Waals surface area contributed by atoms with Gasteiger partial charge < -0.3 is 15.5 Å². The van der Waals surface area contributed by atoms with E-state index in [9.17, 15) is 13.2 Å². The average Bonchev–Trinajstić information content (AvgIpc) is 2.46. The molecule has 0 atom stereocenters. The molecule has 0 bridgehead atoms. The number of sulfonamides is 1. The summed E-state index contributed by atoms with van der Waals surface area (Å²) in [5.41, 5.74) is 0.539. The number of hydrogen-bond acceptors (Lipinski definition) is 4. The molecule has 0 aromatic heterocycles. The van der Waals surface area contributed by atoms with Gasteiger partial charge in [0.2, 0.25) is 15.9 Å². The van der Waals surface area contributed by atoms with Gasteiger partial charge in [-0.2, -0.15) is 0 Å². The predicted molar refractivity (Wildman–Crippen MR) is 90.2 cm³/mol. The van der Waals surface area contributed by atoms with Crippen molar-refractivity contribution in [2.75, 3.05) is 40.1 Å². The summed E-state index contributed by atoms with van der Waals surface area (Å²) in [7, 11) is 2.65. The average molecular weight is 344 g/mol. The zero-order valence-corrected chi connectivity index (χ0v) is 14.6. The van der Waals surface area contributed by atoms with Crippen molar-refractivity contribution in [2.45, 2.75) is 4.90 Å². The first-order valence-electron chi connectivity index (χ1n) is 6.43. The number of nitrogens with one attached hydrogen (secondary N) is 2. The van der Waals surface area contributed by atoms with Crippen molar-refractivity contribution in [3.63, 3.8) is 0 Å². The van der Waals surface area contributed by atoms with Crippen LogP contribution in [0.5, 0.6) is 0 Å². The van der Waals surface area contributed by atoms with E-state index >= 15 is 0 Å². The van der Waals surface area contributed by atoms with Crippen molar-refractivity contribution in [2.24, 2.45) is 0 Å². The summed E-state index contributed by atoms with van der Waals surface area (Å²) in [4.78, 5) is 13.0. The molecule has 1 amide bonds. The number of hydrogen-bond donors (Lipinski definition) is 2. The smallest absolute Gasteiger partial charge is 0.242 e. The lowest BCUT2D eigenvalue weighted by Crippen LogP contribution is -2.39. The second-order valence-electron chi connectivity index (χ2n) is 4.77. The molecule has 1 aromatic rings. The first-order chi connectivity index (χ1) is 10.2. The number of nitrogens with zero attached hydrogens (tertiary/aromatic N) is 2. The highest BCUT2D eigenvalue weighted by Crippen LogP contribution is 2.18. The number of likely N-dealkylation sites (N-methyl/N-ethyl adjacent to an activating group) is 2. The fourth-order valence-corrected chi connectivity index (χ4v) is 2.66. The molecule has 0 radical (unpaired) electrons. The number of rotatable bonds is 5. The maximum absolute atomic E-state index is 12.1. The number of thiocarbonyl (C=S) groups is 1. The van der Waals surface area contributed by atoms with Gasteiger partial charge >= 0.3 is 0 Å². The topological polar surface area (TPSA) is 81.8 Å². The Morgan fingerprint density at radius 1 is 1.27 bits per heavy atom. The van der Waals surface area contributed by atoms with Gasteiger partial charge in [0.15, 0.2) is 5.11 Å². The molecule has 22 heavy (non-hydrogen) atoms. The van der Waals surface area contributed by atoms with E-state index in [1.807, 2.05) is 0 Å². The summed E-state index contributed by atoms with van der Waals surface area (Å²) >= 11 is 5.19. The second-order valence-corrected chi connectivity index (χ2v) is 7.31. The standard InChI is InChI=1S/C13H20N4O3S2/c1-14-12(18)9-17(4)13(21)15-10-6-5-7-11(8-10)22(19,20)16(2)3/h5-8H,9H2,1-4H3,(H,14,18)(H,15,21). The Hall–Kier alpha value is -1.71. The summed E-state index contributed by atoms with van der Waals surface area (Å²) in [6, 6.07) is 6.34. The zero-order valence-electron chi connectivity index (χ0n) is 13.0. The van der Waals surface area contributed by atoms with Crippen LogP contribution in [0.25, 0.3) is 0 Å². The number of carbonyl (C=O) groups is 1. The van der Waals surface area contributed by atoms with Crippen LogP contribution >= 0.6 is 12.2 Å². The van der Waals surface area contributed by atoms with Gasteiger partial charge in [-0.3, -0.25) is 4.79 Å². The normalized spacial score (nSPS) is 11.1. The van der Waals surface area contributed by atoms with Crippen LogP contribution in [-0.2, 0) is 14.8 Å². The van der Waals surface area contributed by atoms with E-state index in [4.69, 9.17) is 12.2 Å². The molecule has 2 N–H and O–H groups in total. The van der Waals surface area contributed by atoms with Gasteiger partial charge in [-0.25, -0.2) is 12.7 Å². The molecular weight excluding hydrogens is 324 g/mol. The van der Waals surface area contributed by atoms with Crippen molar-refractivity contribution in [3.8, 4) is 0 Å². The highest BCUT2D eigenvalue weighted by Gasteiger charge is 2.17. The van der Waals surface area contributed by atoms with Gasteiger partial charge in [0.1, 0.15) is 0 Å². The molecule has 0 aliphatic rings. The van der Waals surface area contributed by atoms with Gasteiger partial charge in [-0.15, -0.1) is 0 Å². The molecule has 0 aliphatic heterocycles. The minimum atomic E-state index is -3.51. The van der Waals surface area contributed by atoms with Crippen LogP contribution in [0.3, 0.4) is 0 Å². The number of benzene rings is 1. The molecule has 0 fully saturated rings. The van der Waals surface area contributed by atoms with Gasteiger partial charge in [0, 0.05) is 33.9 Å². The molecule has 0 saturated carbocycles. The highest BCUT2D eigenvalue weighted by molar-refractivity contribution is 7.89. The Morgan fingerprint density at radius 2 is 1.91 bits per heavy atom. The second kappa shape index (κ2) is 7.52. The third-order valence-electron chi connectivity index (χ3n) is 2.87. The zero-order chi connectivity index (χ0) is 16.9. The summed E-state index contributed by atoms with van der Waals surface area (Å²) in [5.74, 6) is -0.171. The number of amides is 1. The fraction of sp³-hybridized carbons (Fsp3) is 0.385. The van der Waals surface area contributed by atoms with E-state index in [1.165, 1.54) is 26.2 Å². The molecule has 0 spiro atoms. The minimum Gasteiger partial charge on any atom is -0.358 e. The molecule has 0 aliphatic carbocycles. The molecular formula is C13H20N4O3S2. The lowest BCUT2D eigenvalue weighted by atomic mass is 10.3. The third-order valence-corrected chi connectivity index (χ3v) is 5.10. The quantitative estimate of drug-likeness (QED) is 0.749. The van der Waals surface area contributed by atoms with Crippen molar-refractivity contribution >= 4 is 38.9 Å². The van der Waals surface area contributed by atoms with E-state index in [1.54, 1.807) is 31.1 Å². The summed E-state index contributed by atoms with van der Waals surface area (Å²) in [6.07, 6.45) is 0. The summed E-state index contributed by atoms with van der Waals surface area (Å²) in [5, 5.41) is 5.74. The molecule has 0 unspecified atom stereocenters. The molecule has 0 saturated heterocycles. The van der Waals surface area contributed by atoms with Crippen LogP contribution in [0, 0.1) is 0 Å². The minimum absolute atomic E-state index is 0.109. The van der Waals surface area contributed by atoms with Crippen molar-refractivity contribution < 1.29 is 13.2 Å². The van der Waals surface area contributed by atoms with Gasteiger partial charge in [0.05, 0.1) is 11.4 Å². The first-order valence-corrected chi connectivity index (χ1v) is 8.28. The predicted octanol–water partition coefficient (Wildman–Crippen LogP) is 0.312. The van der Waals surface area contributed by atoms with Crippen molar-refractivity contribution in [3.05, 3.63) is 24.3 Å². The Bertz CT molecular complexity index is 659. The van der Waals surface area contributed by atoms with Gasteiger partial charge in [-0.05, 0) is 30.4 Å². The van der Waals surface area contributed by atoms with E-state index in [0.717, 1.165) is 4.31 Å². The van der Waals surface area contributed by atoms with Crippen LogP contribution in [0.1, 0.15) is 0 Å². The van der Waals surface area contributed by atoms with Gasteiger partial charge in [0.25, 0.3) is 0 Å². The third kappa shape index (κ3) is 4.65. The molecule has 1 rings (SSSR count). The van der Waals surface area contributed by atoms with Crippen molar-refractivity contribution in [1.82, 2.24) is 14.5 Å². The number of carbonyl (C=O) groups excluding carboxylic acids is 1. The van der Waals surface area contributed by atoms with E-state index in [-0.39, 0.29) is 17.3 Å². The van der Waals surface area contributed by atoms with Crippen LogP contribution in [0.15, 0.2) is 29.2 Å². The SMILES string of the molecule is CNC(=O)CN(C)C(=S)Nc1cccc(S(=O)(=O)N(C)C)c1. The van der Waals surface area contributed by atoms with E-state index in [2.05, 4.69) is 10.6 Å². The van der Waals surface area contributed by atoms with E-state index in [0.29, 0.717) is 10.8 Å². The summed E-state index contributed by atoms with van der Waals surface area (Å²) in [6.45, 7) is 0.109. The molecule has 9 heteroatoms. The maximum Gasteiger partial charge on any atom is 0.242 e. The van der Waals surface area contributed by atoms with Crippen LogP contribution in [0.2, 0.25) is 0 Å². The fourth-order valence-electron chi connectivity index (χ4n) is 1.53. The van der Waals surface area contributed by atoms with E-state index < -0.39 is 10.0 Å². The first kappa shape index (κ1) is 18.3. The Labute approximate surface area is 136 Å².